The molecule has 2 atom stereocenters. The molecule has 0 aromatic heterocycles. The molecule has 0 aliphatic carbocycles. The molecule has 21 heavy (non-hydrogen) atoms. The fourth-order valence-electron chi connectivity index (χ4n) is 5.61. The zero-order valence-corrected chi connectivity index (χ0v) is 16.6. The van der Waals surface area contributed by atoms with Crippen LogP contribution in [0.3, 0.4) is 0 Å². The van der Waals surface area contributed by atoms with Crippen molar-refractivity contribution in [1.29, 1.82) is 0 Å². The van der Waals surface area contributed by atoms with Crippen LogP contribution in [0.1, 0.15) is 67.2 Å². The second kappa shape index (κ2) is 6.85. The Bertz CT molecular complexity index is 260. The van der Waals surface area contributed by atoms with Crippen LogP contribution in [0.5, 0.6) is 0 Å². The quantitative estimate of drug-likeness (QED) is 0.476. The van der Waals surface area contributed by atoms with Crippen molar-refractivity contribution in [3.05, 3.63) is 0 Å². The Kier molecular flexibility index (Phi) is 6.33. The van der Waals surface area contributed by atoms with Crippen LogP contribution in [0.4, 0.5) is 0 Å². The average molecular weight is 316 g/mol. The number of rotatable bonds is 6. The van der Waals surface area contributed by atoms with Gasteiger partial charge in [0.1, 0.15) is 0 Å². The summed E-state index contributed by atoms with van der Waals surface area (Å²) in [6.07, 6.45) is 4.87. The van der Waals surface area contributed by atoms with Gasteiger partial charge >= 0.3 is 0 Å². The average Bonchev–Trinajstić information content (AvgIpc) is 2.52. The van der Waals surface area contributed by atoms with Crippen LogP contribution in [-0.2, 0) is 9.47 Å². The summed E-state index contributed by atoms with van der Waals surface area (Å²) in [5, 5.41) is 0.694. The second-order valence-corrected chi connectivity index (χ2v) is 9.65. The Morgan fingerprint density at radius 1 is 0.762 bits per heavy atom. The highest BCUT2D eigenvalue weighted by Crippen LogP contribution is 2.74. The van der Waals surface area contributed by atoms with Crippen molar-refractivity contribution in [1.82, 2.24) is 0 Å². The standard InChI is InChI=1S/C18H37O2P/c1-10-16(11-2)14(5)18(19-7,20-8)15(6)17(12-3,13-4)21(16)9/h14-15H,10-13H2,1-9H3. The predicted octanol–water partition coefficient (Wildman–Crippen LogP) is 5.49. The first-order chi connectivity index (χ1) is 9.83. The van der Waals surface area contributed by atoms with Gasteiger partial charge in [-0.2, -0.15) is 0 Å². The van der Waals surface area contributed by atoms with Gasteiger partial charge in [-0.1, -0.05) is 49.5 Å². The van der Waals surface area contributed by atoms with Crippen LogP contribution in [0.25, 0.3) is 0 Å². The number of hydrogen-bond donors (Lipinski definition) is 0. The summed E-state index contributed by atoms with van der Waals surface area (Å²) in [6, 6.07) is 0. The van der Waals surface area contributed by atoms with Gasteiger partial charge < -0.3 is 9.47 Å². The van der Waals surface area contributed by atoms with E-state index in [9.17, 15) is 0 Å². The van der Waals surface area contributed by atoms with Crippen LogP contribution in [0.2, 0.25) is 0 Å². The molecule has 1 saturated heterocycles. The van der Waals surface area contributed by atoms with Crippen molar-refractivity contribution < 1.29 is 9.47 Å². The Morgan fingerprint density at radius 2 is 1.05 bits per heavy atom. The largest absolute Gasteiger partial charge is 0.353 e. The predicted molar refractivity (Wildman–Crippen MR) is 94.5 cm³/mol. The van der Waals surface area contributed by atoms with Gasteiger partial charge in [0.15, 0.2) is 5.79 Å². The van der Waals surface area contributed by atoms with Crippen molar-refractivity contribution in [2.24, 2.45) is 11.8 Å². The van der Waals surface area contributed by atoms with Crippen LogP contribution in [-0.4, -0.2) is 37.0 Å². The topological polar surface area (TPSA) is 18.5 Å². The van der Waals surface area contributed by atoms with Crippen molar-refractivity contribution in [3.8, 4) is 0 Å². The summed E-state index contributed by atoms with van der Waals surface area (Å²) in [7, 11) is 3.58. The smallest absolute Gasteiger partial charge is 0.174 e. The lowest BCUT2D eigenvalue weighted by molar-refractivity contribution is -0.283. The summed E-state index contributed by atoms with van der Waals surface area (Å²) in [5.74, 6) is 0.395. The molecule has 0 aromatic rings. The maximum Gasteiger partial charge on any atom is 0.174 e. The molecular weight excluding hydrogens is 279 g/mol. The van der Waals surface area contributed by atoms with E-state index in [2.05, 4.69) is 48.2 Å². The summed E-state index contributed by atoms with van der Waals surface area (Å²) in [5.41, 5.74) is 0. The van der Waals surface area contributed by atoms with E-state index in [0.717, 1.165) is 0 Å². The minimum atomic E-state index is -0.452. The van der Waals surface area contributed by atoms with E-state index in [-0.39, 0.29) is 7.92 Å². The van der Waals surface area contributed by atoms with Crippen molar-refractivity contribution >= 4 is 7.92 Å². The minimum absolute atomic E-state index is 0.0960. The third kappa shape index (κ3) is 2.32. The Morgan fingerprint density at radius 3 is 1.24 bits per heavy atom. The third-order valence-electron chi connectivity index (χ3n) is 7.24. The molecule has 1 fully saturated rings. The molecule has 0 amide bonds. The molecule has 1 heterocycles. The molecule has 2 nitrogen and oxygen atoms in total. The first kappa shape index (κ1) is 19.4. The van der Waals surface area contributed by atoms with Crippen molar-refractivity contribution in [2.45, 2.75) is 83.3 Å². The summed E-state index contributed by atoms with van der Waals surface area (Å²) in [6.45, 7) is 16.7. The first-order valence-corrected chi connectivity index (χ1v) is 10.5. The molecular formula is C18H37O2P. The molecule has 0 bridgehead atoms. The van der Waals surface area contributed by atoms with E-state index in [1.165, 1.54) is 25.7 Å². The van der Waals surface area contributed by atoms with E-state index in [0.29, 0.717) is 22.1 Å². The van der Waals surface area contributed by atoms with Gasteiger partial charge in [-0.15, -0.1) is 0 Å². The molecule has 0 saturated carbocycles. The molecule has 126 valence electrons. The molecule has 0 N–H and O–H groups in total. The molecule has 3 heteroatoms. The second-order valence-electron chi connectivity index (χ2n) is 6.75. The Balaban J connectivity index is 3.59. The van der Waals surface area contributed by atoms with Gasteiger partial charge in [0.05, 0.1) is 0 Å². The Labute approximate surface area is 134 Å². The van der Waals surface area contributed by atoms with Gasteiger partial charge in [0.2, 0.25) is 0 Å². The molecule has 1 aliphatic rings. The van der Waals surface area contributed by atoms with E-state index >= 15 is 0 Å². The fourth-order valence-corrected chi connectivity index (χ4v) is 9.92. The van der Waals surface area contributed by atoms with Crippen LogP contribution in [0, 0.1) is 11.8 Å². The highest BCUT2D eigenvalue weighted by molar-refractivity contribution is 7.60. The zero-order chi connectivity index (χ0) is 16.5. The van der Waals surface area contributed by atoms with Gasteiger partial charge in [-0.3, -0.25) is 0 Å². The zero-order valence-electron chi connectivity index (χ0n) is 15.7. The summed E-state index contributed by atoms with van der Waals surface area (Å²) < 4.78 is 12.2. The number of methoxy groups -OCH3 is 2. The fraction of sp³-hybridized carbons (Fsp3) is 1.00. The van der Waals surface area contributed by atoms with E-state index in [1.54, 1.807) is 0 Å². The van der Waals surface area contributed by atoms with Gasteiger partial charge in [-0.25, -0.2) is 0 Å². The first-order valence-electron chi connectivity index (χ1n) is 8.67. The van der Waals surface area contributed by atoms with E-state index in [4.69, 9.17) is 9.47 Å². The van der Waals surface area contributed by atoms with Crippen molar-refractivity contribution in [3.63, 3.8) is 0 Å². The lowest BCUT2D eigenvalue weighted by Gasteiger charge is -2.66. The maximum absolute atomic E-state index is 6.11. The van der Waals surface area contributed by atoms with Crippen LogP contribution in [0.15, 0.2) is 0 Å². The Hall–Kier alpha value is 0.350. The molecule has 0 spiro atoms. The molecule has 2 unspecified atom stereocenters. The summed E-state index contributed by atoms with van der Waals surface area (Å²) in [4.78, 5) is 0. The lowest BCUT2D eigenvalue weighted by atomic mass is 9.70. The third-order valence-corrected chi connectivity index (χ3v) is 12.0. The van der Waals surface area contributed by atoms with Gasteiger partial charge in [0, 0.05) is 26.1 Å². The number of hydrogen-bond acceptors (Lipinski definition) is 2. The minimum Gasteiger partial charge on any atom is -0.353 e. The molecule has 1 rings (SSSR count). The maximum atomic E-state index is 6.11. The van der Waals surface area contributed by atoms with Gasteiger partial charge in [0.25, 0.3) is 0 Å². The summed E-state index contributed by atoms with van der Waals surface area (Å²) >= 11 is 0. The lowest BCUT2D eigenvalue weighted by Crippen LogP contribution is -2.66. The SMILES string of the molecule is CCC1(CC)C(C)C(OC)(OC)C(C)C(CC)(CC)P1C. The molecule has 0 radical (unpaired) electrons. The van der Waals surface area contributed by atoms with Crippen LogP contribution < -0.4 is 0 Å². The van der Waals surface area contributed by atoms with E-state index in [1.807, 2.05) is 14.2 Å². The monoisotopic (exact) mass is 316 g/mol. The highest BCUT2D eigenvalue weighted by atomic mass is 31.1. The molecule has 0 aromatic carbocycles. The number of ether oxygens (including phenoxy) is 2. The normalized spacial score (nSPS) is 33.9. The highest BCUT2D eigenvalue weighted by Gasteiger charge is 2.65. The van der Waals surface area contributed by atoms with Gasteiger partial charge in [-0.05, 0) is 42.7 Å². The molecule has 1 aliphatic heterocycles. The van der Waals surface area contributed by atoms with E-state index < -0.39 is 5.79 Å². The van der Waals surface area contributed by atoms with Crippen LogP contribution >= 0.6 is 7.92 Å². The van der Waals surface area contributed by atoms with Crippen molar-refractivity contribution in [2.75, 3.05) is 20.9 Å².